The van der Waals surface area contributed by atoms with E-state index in [4.69, 9.17) is 10.5 Å². The van der Waals surface area contributed by atoms with Gasteiger partial charge in [0, 0.05) is 53.5 Å². The zero-order chi connectivity index (χ0) is 22.4. The number of nitrogens with zero attached hydrogens (tertiary/aromatic N) is 2. The molecule has 1 unspecified atom stereocenters. The van der Waals surface area contributed by atoms with Gasteiger partial charge >= 0.3 is 6.61 Å². The average Bonchev–Trinajstić information content (AvgIpc) is 3.11. The first kappa shape index (κ1) is 22.7. The van der Waals surface area contributed by atoms with Gasteiger partial charge in [0.2, 0.25) is 0 Å². The van der Waals surface area contributed by atoms with Crippen LogP contribution in [0.5, 0.6) is 5.75 Å². The van der Waals surface area contributed by atoms with Gasteiger partial charge in [-0.25, -0.2) is 8.79 Å². The lowest BCUT2D eigenvalue weighted by molar-refractivity contribution is -0.141. The molecule has 0 saturated carbocycles. The Bertz CT molecular complexity index is 983. The molecule has 0 aliphatic carbocycles. The molecule has 1 aliphatic heterocycles. The van der Waals surface area contributed by atoms with Crippen LogP contribution in [-0.2, 0) is 9.53 Å². The predicted molar refractivity (Wildman–Crippen MR) is 111 cm³/mol. The lowest BCUT2D eigenvalue weighted by Crippen LogP contribution is -2.35. The van der Waals surface area contributed by atoms with E-state index < -0.39 is 24.4 Å². The predicted octanol–water partition coefficient (Wildman–Crippen LogP) is 3.95. The number of halogens is 3. The molecule has 164 valence electrons. The number of methoxy groups -OCH3 is 1. The summed E-state index contributed by atoms with van der Waals surface area (Å²) >= 11 is 1.12. The first-order valence-corrected chi connectivity index (χ1v) is 9.95. The van der Waals surface area contributed by atoms with Crippen LogP contribution < -0.4 is 10.5 Å². The summed E-state index contributed by atoms with van der Waals surface area (Å²) < 4.78 is 52.2. The quantitative estimate of drug-likeness (QED) is 0.486. The third kappa shape index (κ3) is 5.80. The zero-order valence-corrected chi connectivity index (χ0v) is 17.3. The second-order valence-corrected chi connectivity index (χ2v) is 7.42. The van der Waals surface area contributed by atoms with Crippen molar-refractivity contribution < 1.29 is 27.4 Å². The maximum absolute atomic E-state index is 14.1. The van der Waals surface area contributed by atoms with Crippen molar-refractivity contribution in [3.05, 3.63) is 71.2 Å². The molecule has 31 heavy (non-hydrogen) atoms. The lowest BCUT2D eigenvalue weighted by atomic mass is 10.1. The number of alkyl halides is 2. The number of rotatable bonds is 8. The fourth-order valence-electron chi connectivity index (χ4n) is 3.00. The minimum absolute atomic E-state index is 0.0581. The first-order valence-electron chi connectivity index (χ1n) is 9.17. The van der Waals surface area contributed by atoms with Gasteiger partial charge in [0.05, 0.1) is 6.54 Å². The summed E-state index contributed by atoms with van der Waals surface area (Å²) in [6, 6.07) is 12.0. The van der Waals surface area contributed by atoms with E-state index in [0.29, 0.717) is 16.2 Å². The summed E-state index contributed by atoms with van der Waals surface area (Å²) in [6.07, 6.45) is 0.468. The molecule has 6 nitrogen and oxygen atoms in total. The van der Waals surface area contributed by atoms with Crippen LogP contribution in [0, 0.1) is 5.82 Å². The molecule has 3 rings (SSSR count). The molecule has 0 saturated heterocycles. The van der Waals surface area contributed by atoms with Crippen LogP contribution in [0.4, 0.5) is 13.2 Å². The van der Waals surface area contributed by atoms with Crippen LogP contribution in [0.1, 0.15) is 11.7 Å². The molecule has 1 atom stereocenters. The van der Waals surface area contributed by atoms with Gasteiger partial charge in [0.25, 0.3) is 5.91 Å². The van der Waals surface area contributed by atoms with Crippen molar-refractivity contribution in [3.8, 4) is 5.75 Å². The van der Waals surface area contributed by atoms with Crippen LogP contribution in [0.25, 0.3) is 0 Å². The third-order valence-corrected chi connectivity index (χ3v) is 5.20. The molecule has 10 heteroatoms. The molecule has 2 aromatic carbocycles. The summed E-state index contributed by atoms with van der Waals surface area (Å²) in [4.78, 5) is 15.0. The minimum atomic E-state index is -2.88. The number of amides is 1. The average molecular weight is 451 g/mol. The van der Waals surface area contributed by atoms with E-state index >= 15 is 0 Å². The van der Waals surface area contributed by atoms with Crippen molar-refractivity contribution >= 4 is 24.1 Å². The summed E-state index contributed by atoms with van der Waals surface area (Å²) in [5, 5.41) is 0. The monoisotopic (exact) mass is 451 g/mol. The number of hydrogen-bond donors (Lipinski definition) is 1. The maximum Gasteiger partial charge on any atom is 0.387 e. The van der Waals surface area contributed by atoms with Gasteiger partial charge in [-0.05, 0) is 30.3 Å². The van der Waals surface area contributed by atoms with Crippen LogP contribution in [0.15, 0.2) is 69.1 Å². The Morgan fingerprint density at radius 1 is 1.19 bits per heavy atom. The van der Waals surface area contributed by atoms with Crippen LogP contribution >= 0.6 is 11.9 Å². The molecular formula is C21H20F3N3O3S. The third-order valence-electron chi connectivity index (χ3n) is 4.51. The lowest BCUT2D eigenvalue weighted by Gasteiger charge is -2.23. The van der Waals surface area contributed by atoms with Crippen LogP contribution in [-0.4, -0.2) is 43.8 Å². The molecule has 1 amide bonds. The molecule has 2 N–H and O–H groups in total. The second kappa shape index (κ2) is 10.4. The van der Waals surface area contributed by atoms with Crippen LogP contribution in [0.3, 0.4) is 0 Å². The van der Waals surface area contributed by atoms with E-state index in [1.165, 1.54) is 42.3 Å². The van der Waals surface area contributed by atoms with E-state index in [0.717, 1.165) is 11.9 Å². The summed E-state index contributed by atoms with van der Waals surface area (Å²) in [6.45, 7) is -2.49. The van der Waals surface area contributed by atoms with Gasteiger partial charge in [-0.3, -0.25) is 4.79 Å². The van der Waals surface area contributed by atoms with Crippen LogP contribution in [0.2, 0.25) is 0 Å². The molecule has 0 radical (unpaired) electrons. The van der Waals surface area contributed by atoms with Crippen molar-refractivity contribution in [3.63, 3.8) is 0 Å². The summed E-state index contributed by atoms with van der Waals surface area (Å²) in [5.41, 5.74) is 7.33. The van der Waals surface area contributed by atoms with Crippen molar-refractivity contribution in [2.24, 2.45) is 10.1 Å². The molecule has 1 heterocycles. The number of nitrogens with two attached hydrogens (primary N) is 1. The Balaban J connectivity index is 1.60. The number of hydrogen-bond acceptors (Lipinski definition) is 6. The Morgan fingerprint density at radius 3 is 2.55 bits per heavy atom. The number of benzene rings is 2. The van der Waals surface area contributed by atoms with Crippen molar-refractivity contribution in [1.29, 1.82) is 0 Å². The highest BCUT2D eigenvalue weighted by molar-refractivity contribution is 7.98. The SMILES string of the molecule is COC(C(=O)N1CC(N)=C(C=NSc2ccc(OC(F)F)cc2)C1)c1ccccc1F. The molecule has 2 aromatic rings. The number of carbonyl (C=O) groups is 1. The van der Waals surface area contributed by atoms with Gasteiger partial charge < -0.3 is 20.1 Å². The fraction of sp³-hybridized carbons (Fsp3) is 0.238. The first-order chi connectivity index (χ1) is 14.9. The van der Waals surface area contributed by atoms with Gasteiger partial charge in [0.1, 0.15) is 11.6 Å². The summed E-state index contributed by atoms with van der Waals surface area (Å²) in [5.74, 6) is -0.866. The normalized spacial score (nSPS) is 15.2. The highest BCUT2D eigenvalue weighted by Crippen LogP contribution is 2.26. The van der Waals surface area contributed by atoms with Crippen molar-refractivity contribution in [2.45, 2.75) is 17.6 Å². The van der Waals surface area contributed by atoms with Gasteiger partial charge in [-0.1, -0.05) is 18.2 Å². The summed E-state index contributed by atoms with van der Waals surface area (Å²) in [7, 11) is 1.35. The standard InChI is InChI=1S/C21H20F3N3O3S/c1-29-19(16-4-2-3-5-17(16)22)20(28)27-11-13(18(25)12-27)10-26-31-15-8-6-14(7-9-15)30-21(23)24/h2-10,19,21H,11-12,25H2,1H3. The molecule has 0 spiro atoms. The Kier molecular flexibility index (Phi) is 7.59. The molecule has 1 aliphatic rings. The molecular weight excluding hydrogens is 431 g/mol. The fourth-order valence-corrected chi connectivity index (χ4v) is 3.56. The topological polar surface area (TPSA) is 77.2 Å². The van der Waals surface area contributed by atoms with E-state index in [1.54, 1.807) is 24.4 Å². The van der Waals surface area contributed by atoms with Gasteiger partial charge in [-0.2, -0.15) is 8.78 Å². The van der Waals surface area contributed by atoms with Crippen molar-refractivity contribution in [1.82, 2.24) is 4.90 Å². The zero-order valence-electron chi connectivity index (χ0n) is 16.5. The Labute approximate surface area is 181 Å². The van der Waals surface area contributed by atoms with E-state index in [2.05, 4.69) is 9.13 Å². The minimum Gasteiger partial charge on any atom is -0.435 e. The highest BCUT2D eigenvalue weighted by Gasteiger charge is 2.31. The molecule has 0 aromatic heterocycles. The van der Waals surface area contributed by atoms with Gasteiger partial charge in [0.15, 0.2) is 6.10 Å². The molecule has 0 fully saturated rings. The van der Waals surface area contributed by atoms with E-state index in [-0.39, 0.29) is 24.4 Å². The second-order valence-electron chi connectivity index (χ2n) is 6.56. The number of carbonyl (C=O) groups excluding carboxylic acids is 1. The van der Waals surface area contributed by atoms with Gasteiger partial charge in [-0.15, -0.1) is 0 Å². The maximum atomic E-state index is 14.1. The van der Waals surface area contributed by atoms with E-state index in [9.17, 15) is 18.0 Å². The van der Waals surface area contributed by atoms with E-state index in [1.807, 2.05) is 0 Å². The number of ether oxygens (including phenoxy) is 2. The Morgan fingerprint density at radius 2 is 1.90 bits per heavy atom. The smallest absolute Gasteiger partial charge is 0.387 e. The highest BCUT2D eigenvalue weighted by atomic mass is 32.2. The Hall–Kier alpha value is -2.98. The van der Waals surface area contributed by atoms with Crippen molar-refractivity contribution in [2.75, 3.05) is 20.2 Å². The largest absolute Gasteiger partial charge is 0.435 e. The molecule has 0 bridgehead atoms.